The lowest BCUT2D eigenvalue weighted by molar-refractivity contribution is 0.00446. The first-order valence-electron chi connectivity index (χ1n) is 12.0. The summed E-state index contributed by atoms with van der Waals surface area (Å²) in [5.74, 6) is 0.556. The van der Waals surface area contributed by atoms with Crippen molar-refractivity contribution in [2.75, 3.05) is 17.2 Å². The van der Waals surface area contributed by atoms with E-state index in [0.29, 0.717) is 18.2 Å². The molecule has 0 aliphatic heterocycles. The molecule has 0 radical (unpaired) electrons. The van der Waals surface area contributed by atoms with Crippen LogP contribution in [0.2, 0.25) is 0 Å². The van der Waals surface area contributed by atoms with E-state index in [9.17, 15) is 15.3 Å². The maximum atomic E-state index is 10.6. The number of anilines is 2. The van der Waals surface area contributed by atoms with Crippen LogP contribution in [0.3, 0.4) is 0 Å². The van der Waals surface area contributed by atoms with Crippen LogP contribution in [0, 0.1) is 19.8 Å². The number of hydrogen-bond acceptors (Lipinski definition) is 10. The molecule has 1 aromatic carbocycles. The highest BCUT2D eigenvalue weighted by Crippen LogP contribution is 2.38. The molecule has 36 heavy (non-hydrogen) atoms. The van der Waals surface area contributed by atoms with E-state index in [1.54, 1.807) is 12.4 Å². The Balaban J connectivity index is 1.53. The van der Waals surface area contributed by atoms with Crippen LogP contribution in [0.1, 0.15) is 36.2 Å². The molecular weight excluding hydrogens is 476 g/mol. The van der Waals surface area contributed by atoms with Crippen LogP contribution >= 0.6 is 11.3 Å². The molecule has 1 aliphatic rings. The minimum Gasteiger partial charge on any atom is -0.396 e. The molecule has 3 heterocycles. The largest absolute Gasteiger partial charge is 0.396 e. The maximum Gasteiger partial charge on any atom is 0.225 e. The van der Waals surface area contributed by atoms with Crippen molar-refractivity contribution in [3.8, 4) is 10.6 Å². The van der Waals surface area contributed by atoms with Crippen molar-refractivity contribution < 1.29 is 15.3 Å². The fourth-order valence-electron chi connectivity index (χ4n) is 4.64. The van der Waals surface area contributed by atoms with E-state index in [2.05, 4.69) is 46.8 Å². The number of hydrogen-bond donors (Lipinski definition) is 5. The molecule has 5 atom stereocenters. The summed E-state index contributed by atoms with van der Waals surface area (Å²) >= 11 is 1.52. The van der Waals surface area contributed by atoms with Crippen molar-refractivity contribution in [1.82, 2.24) is 19.9 Å². The van der Waals surface area contributed by atoms with Gasteiger partial charge < -0.3 is 26.0 Å². The quantitative estimate of drug-likeness (QED) is 0.255. The van der Waals surface area contributed by atoms with Gasteiger partial charge in [0.05, 0.1) is 40.3 Å². The van der Waals surface area contributed by atoms with Crippen LogP contribution in [0.4, 0.5) is 11.8 Å². The van der Waals surface area contributed by atoms with Crippen LogP contribution in [0.5, 0.6) is 0 Å². The average Bonchev–Trinajstić information content (AvgIpc) is 3.40. The van der Waals surface area contributed by atoms with Gasteiger partial charge in [-0.05, 0) is 38.8 Å². The highest BCUT2D eigenvalue weighted by molar-refractivity contribution is 7.21. The average molecular weight is 507 g/mol. The molecule has 0 bridgehead atoms. The number of aliphatic hydroxyl groups excluding tert-OH is 3. The predicted molar refractivity (Wildman–Crippen MR) is 141 cm³/mol. The van der Waals surface area contributed by atoms with Crippen molar-refractivity contribution in [2.45, 2.75) is 51.5 Å². The van der Waals surface area contributed by atoms with Gasteiger partial charge >= 0.3 is 0 Å². The molecule has 1 fully saturated rings. The highest BCUT2D eigenvalue weighted by Gasteiger charge is 2.41. The van der Waals surface area contributed by atoms with Crippen molar-refractivity contribution >= 4 is 33.3 Å². The third-order valence-corrected chi connectivity index (χ3v) is 7.83. The molecule has 188 valence electrons. The molecule has 0 saturated heterocycles. The molecule has 10 heteroatoms. The summed E-state index contributed by atoms with van der Waals surface area (Å²) in [6, 6.07) is 9.70. The first-order valence-corrected chi connectivity index (χ1v) is 12.8. The minimum absolute atomic E-state index is 0.0325. The van der Waals surface area contributed by atoms with E-state index < -0.39 is 24.2 Å². The highest BCUT2D eigenvalue weighted by atomic mass is 32.1. The van der Waals surface area contributed by atoms with E-state index in [1.807, 2.05) is 19.9 Å². The smallest absolute Gasteiger partial charge is 0.225 e. The summed E-state index contributed by atoms with van der Waals surface area (Å²) in [5.41, 5.74) is 4.55. The molecular formula is C26H30N6O3S. The normalized spacial score (nSPS) is 22.6. The van der Waals surface area contributed by atoms with Gasteiger partial charge in [0, 0.05) is 18.7 Å². The first kappa shape index (κ1) is 24.5. The van der Waals surface area contributed by atoms with Crippen molar-refractivity contribution in [3.63, 3.8) is 0 Å². The molecule has 3 aromatic heterocycles. The Bertz CT molecular complexity index is 1330. The number of thiazole rings is 1. The standard InChI is InChI=1S/C26H30N6O3S/c1-13-4-6-16(7-5-13)14(2)28-26-29-15(3)21(25-31-19-11-27-9-8-20(19)36-25)24(32-26)30-18-10-17(12-33)22(34)23(18)35/h4-9,11,14,17-18,22-23,33-35H,10,12H2,1-3H3,(H2,28,29,30,32)/t14-,17-,18-,22-,23+/m1/s1. The molecule has 0 unspecified atom stereocenters. The zero-order valence-corrected chi connectivity index (χ0v) is 21.2. The molecule has 1 saturated carbocycles. The Kier molecular flexibility index (Phi) is 6.85. The Morgan fingerprint density at radius 3 is 2.53 bits per heavy atom. The lowest BCUT2D eigenvalue weighted by Gasteiger charge is -2.22. The summed E-state index contributed by atoms with van der Waals surface area (Å²) < 4.78 is 0.997. The second kappa shape index (κ2) is 10.1. The third-order valence-electron chi connectivity index (χ3n) is 6.78. The van der Waals surface area contributed by atoms with Gasteiger partial charge in [0.25, 0.3) is 0 Å². The molecule has 0 spiro atoms. The number of aliphatic hydroxyl groups is 3. The fraction of sp³-hybridized carbons (Fsp3) is 0.385. The van der Waals surface area contributed by atoms with Crippen molar-refractivity contribution in [2.24, 2.45) is 5.92 Å². The number of fused-ring (bicyclic) bond motifs is 1. The van der Waals surface area contributed by atoms with Crippen LogP contribution in [-0.2, 0) is 0 Å². The second-order valence-electron chi connectivity index (χ2n) is 9.41. The van der Waals surface area contributed by atoms with Gasteiger partial charge in [0.15, 0.2) is 0 Å². The Morgan fingerprint density at radius 2 is 1.83 bits per heavy atom. The molecule has 1 aliphatic carbocycles. The van der Waals surface area contributed by atoms with E-state index in [-0.39, 0.29) is 12.6 Å². The number of nitrogens with one attached hydrogen (secondary N) is 2. The number of aromatic nitrogens is 4. The predicted octanol–water partition coefficient (Wildman–Crippen LogP) is 3.45. The number of pyridine rings is 1. The van der Waals surface area contributed by atoms with Crippen LogP contribution in [0.15, 0.2) is 42.7 Å². The number of rotatable bonds is 7. The monoisotopic (exact) mass is 506 g/mol. The lowest BCUT2D eigenvalue weighted by Crippen LogP contribution is -2.35. The summed E-state index contributed by atoms with van der Waals surface area (Å²) in [6.07, 6.45) is 1.82. The van der Waals surface area contributed by atoms with Gasteiger partial charge in [0.1, 0.15) is 22.4 Å². The van der Waals surface area contributed by atoms with Gasteiger partial charge in [-0.2, -0.15) is 4.98 Å². The molecule has 5 rings (SSSR count). The molecule has 4 aromatic rings. The maximum absolute atomic E-state index is 10.6. The van der Waals surface area contributed by atoms with E-state index in [4.69, 9.17) is 15.0 Å². The first-order chi connectivity index (χ1) is 17.3. The van der Waals surface area contributed by atoms with Gasteiger partial charge in [-0.25, -0.2) is 9.97 Å². The topological polar surface area (TPSA) is 136 Å². The van der Waals surface area contributed by atoms with Crippen molar-refractivity contribution in [1.29, 1.82) is 0 Å². The van der Waals surface area contributed by atoms with Crippen molar-refractivity contribution in [3.05, 3.63) is 59.5 Å². The van der Waals surface area contributed by atoms with Crippen LogP contribution in [-0.4, -0.2) is 60.1 Å². The fourth-order valence-corrected chi connectivity index (χ4v) is 5.67. The van der Waals surface area contributed by atoms with Crippen LogP contribution in [0.25, 0.3) is 20.8 Å². The summed E-state index contributed by atoms with van der Waals surface area (Å²) in [4.78, 5) is 18.5. The van der Waals surface area contributed by atoms with E-state index in [1.165, 1.54) is 16.9 Å². The van der Waals surface area contributed by atoms with E-state index in [0.717, 1.165) is 32.0 Å². The zero-order valence-electron chi connectivity index (χ0n) is 20.4. The number of benzene rings is 1. The second-order valence-corrected chi connectivity index (χ2v) is 10.4. The van der Waals surface area contributed by atoms with Gasteiger partial charge in [0.2, 0.25) is 5.95 Å². The van der Waals surface area contributed by atoms with Gasteiger partial charge in [-0.3, -0.25) is 4.98 Å². The molecule has 9 nitrogen and oxygen atoms in total. The third kappa shape index (κ3) is 4.77. The molecule has 5 N–H and O–H groups in total. The Labute approximate surface area is 213 Å². The minimum atomic E-state index is -1.03. The Hall–Kier alpha value is -3.18. The van der Waals surface area contributed by atoms with Gasteiger partial charge in [-0.1, -0.05) is 29.8 Å². The van der Waals surface area contributed by atoms with Gasteiger partial charge in [-0.15, -0.1) is 11.3 Å². The summed E-state index contributed by atoms with van der Waals surface area (Å²) in [6.45, 7) is 5.81. The van der Waals surface area contributed by atoms with E-state index >= 15 is 0 Å². The zero-order chi connectivity index (χ0) is 25.4. The summed E-state index contributed by atoms with van der Waals surface area (Å²) in [5, 5.41) is 38.1. The van der Waals surface area contributed by atoms with Crippen LogP contribution < -0.4 is 10.6 Å². The molecule has 0 amide bonds. The Morgan fingerprint density at radius 1 is 1.06 bits per heavy atom. The SMILES string of the molecule is Cc1ccc([C@@H](C)Nc2nc(C)c(-c3nc4cnccc4s3)c(N[C@@H]3C[C@H](CO)[C@@H](O)[C@H]3O)n2)cc1. The number of aryl methyl sites for hydroxylation is 2. The lowest BCUT2D eigenvalue weighted by atomic mass is 10.1. The number of nitrogens with zero attached hydrogens (tertiary/aromatic N) is 4. The summed E-state index contributed by atoms with van der Waals surface area (Å²) in [7, 11) is 0.